The van der Waals surface area contributed by atoms with Crippen LogP contribution in [0.1, 0.15) is 86.6 Å². The van der Waals surface area contributed by atoms with Crippen molar-refractivity contribution in [3.63, 3.8) is 0 Å². The molecular formula is C27H31N5O3. The van der Waals surface area contributed by atoms with Gasteiger partial charge in [0.25, 0.3) is 11.7 Å². The van der Waals surface area contributed by atoms with Gasteiger partial charge in [-0.25, -0.2) is 4.98 Å². The van der Waals surface area contributed by atoms with Crippen molar-refractivity contribution in [2.45, 2.75) is 70.8 Å². The van der Waals surface area contributed by atoms with Crippen molar-refractivity contribution in [2.75, 3.05) is 5.32 Å². The van der Waals surface area contributed by atoms with Crippen LogP contribution in [0.25, 0.3) is 11.1 Å². The fourth-order valence-electron chi connectivity index (χ4n) is 4.41. The summed E-state index contributed by atoms with van der Waals surface area (Å²) in [6, 6.07) is 10.1. The second kappa shape index (κ2) is 9.24. The lowest BCUT2D eigenvalue weighted by molar-refractivity contribution is -0.117. The number of pyridine rings is 1. The van der Waals surface area contributed by atoms with Gasteiger partial charge in [0.2, 0.25) is 11.8 Å². The molecule has 2 aliphatic carbocycles. The monoisotopic (exact) mass is 473 g/mol. The first-order chi connectivity index (χ1) is 16.8. The molecule has 0 spiro atoms. The number of fused-ring (bicyclic) bond motifs is 1. The minimum Gasteiger partial charge on any atom is -0.342 e. The Balaban J connectivity index is 1.35. The van der Waals surface area contributed by atoms with E-state index in [1.54, 1.807) is 6.20 Å². The number of nitrogens with one attached hydrogen (secondary N) is 2. The van der Waals surface area contributed by atoms with Crippen molar-refractivity contribution in [1.29, 1.82) is 0 Å². The summed E-state index contributed by atoms with van der Waals surface area (Å²) >= 11 is 0. The number of hydrogen-bond acceptors (Lipinski definition) is 6. The van der Waals surface area contributed by atoms with E-state index in [2.05, 4.69) is 44.0 Å². The lowest BCUT2D eigenvalue weighted by Gasteiger charge is -2.19. The van der Waals surface area contributed by atoms with E-state index in [-0.39, 0.29) is 35.0 Å². The summed E-state index contributed by atoms with van der Waals surface area (Å²) in [7, 11) is 0. The summed E-state index contributed by atoms with van der Waals surface area (Å²) in [5.41, 5.74) is 4.09. The second-order valence-electron chi connectivity index (χ2n) is 10.6. The molecule has 0 radical (unpaired) electrons. The highest BCUT2D eigenvalue weighted by Crippen LogP contribution is 2.34. The number of carbonyl (C=O) groups excluding carboxylic acids is 2. The van der Waals surface area contributed by atoms with E-state index in [1.165, 1.54) is 5.56 Å². The van der Waals surface area contributed by atoms with Crippen molar-refractivity contribution in [1.82, 2.24) is 20.4 Å². The van der Waals surface area contributed by atoms with E-state index in [0.717, 1.165) is 55.2 Å². The lowest BCUT2D eigenvalue weighted by atomic mass is 9.94. The van der Waals surface area contributed by atoms with Gasteiger partial charge in [-0.3, -0.25) is 9.59 Å². The summed E-state index contributed by atoms with van der Waals surface area (Å²) in [4.78, 5) is 33.6. The molecule has 1 saturated carbocycles. The predicted molar refractivity (Wildman–Crippen MR) is 132 cm³/mol. The molecule has 8 nitrogen and oxygen atoms in total. The summed E-state index contributed by atoms with van der Waals surface area (Å²) in [6.07, 6.45) is 7.51. The number of aryl methyl sites for hydroxylation is 1. The Morgan fingerprint density at radius 1 is 1.03 bits per heavy atom. The van der Waals surface area contributed by atoms with Crippen LogP contribution in [-0.2, 0) is 16.6 Å². The Morgan fingerprint density at radius 3 is 2.57 bits per heavy atom. The molecule has 8 heteroatoms. The van der Waals surface area contributed by atoms with Gasteiger partial charge in [-0.2, -0.15) is 4.98 Å². The second-order valence-corrected chi connectivity index (χ2v) is 10.6. The molecule has 35 heavy (non-hydrogen) atoms. The summed E-state index contributed by atoms with van der Waals surface area (Å²) in [6.45, 7) is 5.90. The third-order valence-corrected chi connectivity index (χ3v) is 6.58. The maximum atomic E-state index is 12.9. The average Bonchev–Trinajstić information content (AvgIpc) is 3.59. The molecule has 1 aromatic carbocycles. The third-order valence-electron chi connectivity index (χ3n) is 6.58. The number of aromatic nitrogens is 3. The first-order valence-corrected chi connectivity index (χ1v) is 12.3. The topological polar surface area (TPSA) is 110 Å². The molecule has 2 aliphatic rings. The summed E-state index contributed by atoms with van der Waals surface area (Å²) in [5, 5.41) is 9.94. The van der Waals surface area contributed by atoms with Crippen LogP contribution >= 0.6 is 0 Å². The van der Waals surface area contributed by atoms with Gasteiger partial charge in [0.05, 0.1) is 6.04 Å². The number of nitrogens with zero attached hydrogens (tertiary/aromatic N) is 3. The minimum atomic E-state index is -0.323. The van der Waals surface area contributed by atoms with Gasteiger partial charge in [-0.15, -0.1) is 0 Å². The van der Waals surface area contributed by atoms with Crippen LogP contribution in [0.5, 0.6) is 0 Å². The van der Waals surface area contributed by atoms with Gasteiger partial charge in [0, 0.05) is 17.5 Å². The van der Waals surface area contributed by atoms with Crippen LogP contribution in [0.4, 0.5) is 5.82 Å². The zero-order valence-corrected chi connectivity index (χ0v) is 20.4. The van der Waals surface area contributed by atoms with E-state index < -0.39 is 0 Å². The van der Waals surface area contributed by atoms with Crippen molar-refractivity contribution < 1.29 is 14.1 Å². The van der Waals surface area contributed by atoms with Crippen LogP contribution in [0, 0.1) is 5.92 Å². The van der Waals surface area contributed by atoms with E-state index in [1.807, 2.05) is 32.9 Å². The highest BCUT2D eigenvalue weighted by Gasteiger charge is 2.30. The molecular weight excluding hydrogens is 442 g/mol. The molecule has 5 rings (SSSR count). The van der Waals surface area contributed by atoms with E-state index in [9.17, 15) is 9.59 Å². The lowest BCUT2D eigenvalue weighted by Crippen LogP contribution is -2.29. The minimum absolute atomic E-state index is 0.0476. The molecule has 1 fully saturated rings. The smallest absolute Gasteiger partial charge is 0.293 e. The fraction of sp³-hybridized carbons (Fsp3) is 0.444. The first kappa shape index (κ1) is 23.2. The van der Waals surface area contributed by atoms with Crippen molar-refractivity contribution in [2.24, 2.45) is 5.92 Å². The van der Waals surface area contributed by atoms with E-state index >= 15 is 0 Å². The van der Waals surface area contributed by atoms with Gasteiger partial charge in [0.1, 0.15) is 5.82 Å². The maximum absolute atomic E-state index is 12.9. The van der Waals surface area contributed by atoms with Crippen molar-refractivity contribution in [3.8, 4) is 11.1 Å². The molecule has 2 amide bonds. The Labute approximate surface area is 204 Å². The molecule has 182 valence electrons. The molecule has 0 bridgehead atoms. The van der Waals surface area contributed by atoms with Gasteiger partial charge >= 0.3 is 0 Å². The normalized spacial score (nSPS) is 17.9. The zero-order valence-electron chi connectivity index (χ0n) is 20.4. The van der Waals surface area contributed by atoms with E-state index in [4.69, 9.17) is 4.52 Å². The molecule has 2 heterocycles. The number of carbonyl (C=O) groups is 2. The Morgan fingerprint density at radius 2 is 1.83 bits per heavy atom. The highest BCUT2D eigenvalue weighted by molar-refractivity contribution is 5.93. The zero-order chi connectivity index (χ0) is 24.6. The van der Waals surface area contributed by atoms with Gasteiger partial charge in [-0.05, 0) is 66.5 Å². The summed E-state index contributed by atoms with van der Waals surface area (Å²) < 4.78 is 5.30. The number of rotatable bonds is 5. The maximum Gasteiger partial charge on any atom is 0.293 e. The Hall–Kier alpha value is -3.55. The predicted octanol–water partition coefficient (Wildman–Crippen LogP) is 4.98. The number of anilines is 1. The molecule has 0 aliphatic heterocycles. The molecule has 0 saturated heterocycles. The Kier molecular flexibility index (Phi) is 6.13. The average molecular weight is 474 g/mol. The van der Waals surface area contributed by atoms with Gasteiger partial charge < -0.3 is 15.2 Å². The van der Waals surface area contributed by atoms with Crippen LogP contribution in [0.3, 0.4) is 0 Å². The number of hydrogen-bond donors (Lipinski definition) is 2. The number of amides is 2. The Bertz CT molecular complexity index is 1260. The summed E-state index contributed by atoms with van der Waals surface area (Å²) in [5.74, 6) is 0.943. The standard InChI is InChI=1S/C27H31N5O3/c1-27(2,3)26-31-23(32-35-26)25(34)29-21-7-5-4-6-19-14-17(10-11-20(19)21)18-12-13-28-22(15-18)30-24(33)16-8-9-16/h10-16,21H,4-9H2,1-3H3,(H,29,34)(H,28,30,33). The van der Waals surface area contributed by atoms with Crippen LogP contribution < -0.4 is 10.6 Å². The van der Waals surface area contributed by atoms with Crippen molar-refractivity contribution >= 4 is 17.6 Å². The van der Waals surface area contributed by atoms with Crippen molar-refractivity contribution in [3.05, 3.63) is 59.4 Å². The molecule has 3 aromatic rings. The number of benzene rings is 1. The largest absolute Gasteiger partial charge is 0.342 e. The van der Waals surface area contributed by atoms with Crippen LogP contribution in [0.15, 0.2) is 41.1 Å². The van der Waals surface area contributed by atoms with Gasteiger partial charge in [-0.1, -0.05) is 50.5 Å². The van der Waals surface area contributed by atoms with Crippen LogP contribution in [0.2, 0.25) is 0 Å². The van der Waals surface area contributed by atoms with Gasteiger partial charge in [0.15, 0.2) is 0 Å². The van der Waals surface area contributed by atoms with Crippen LogP contribution in [-0.4, -0.2) is 26.9 Å². The third kappa shape index (κ3) is 5.26. The fourth-order valence-corrected chi connectivity index (χ4v) is 4.41. The molecule has 1 unspecified atom stereocenters. The molecule has 1 atom stereocenters. The molecule has 2 aromatic heterocycles. The quantitative estimate of drug-likeness (QED) is 0.506. The first-order valence-electron chi connectivity index (χ1n) is 12.3. The van der Waals surface area contributed by atoms with E-state index in [0.29, 0.717) is 11.7 Å². The SMILES string of the molecule is CC(C)(C)c1nc(C(=O)NC2CCCCc3cc(-c4ccnc(NC(=O)C5CC5)c4)ccc32)no1. The highest BCUT2D eigenvalue weighted by atomic mass is 16.5. The molecule has 2 N–H and O–H groups in total.